The summed E-state index contributed by atoms with van der Waals surface area (Å²) in [5.41, 5.74) is 0.886. The summed E-state index contributed by atoms with van der Waals surface area (Å²) >= 11 is 0. The van der Waals surface area contributed by atoms with E-state index >= 15 is 0 Å². The summed E-state index contributed by atoms with van der Waals surface area (Å²) in [6, 6.07) is 10.7. The summed E-state index contributed by atoms with van der Waals surface area (Å²) in [7, 11) is 0. The minimum Gasteiger partial charge on any atom is -0.492 e. The number of nitriles is 1. The van der Waals surface area contributed by atoms with Gasteiger partial charge in [0.15, 0.2) is 5.69 Å². The van der Waals surface area contributed by atoms with E-state index in [1.807, 2.05) is 13.8 Å². The topological polar surface area (TPSA) is 97.1 Å². The molecule has 0 bridgehead atoms. The van der Waals surface area contributed by atoms with Gasteiger partial charge in [0.2, 0.25) is 0 Å². The van der Waals surface area contributed by atoms with Crippen LogP contribution in [0.15, 0.2) is 30.3 Å². The Bertz CT molecular complexity index is 961. The average Bonchev–Trinajstić information content (AvgIpc) is 2.70. The highest BCUT2D eigenvalue weighted by Gasteiger charge is 2.64. The first-order valence-corrected chi connectivity index (χ1v) is 10.1. The smallest absolute Gasteiger partial charge is 0.272 e. The monoisotopic (exact) mass is 408 g/mol. The van der Waals surface area contributed by atoms with E-state index in [0.29, 0.717) is 29.4 Å². The van der Waals surface area contributed by atoms with E-state index in [-0.39, 0.29) is 28.9 Å². The van der Waals surface area contributed by atoms with Crippen molar-refractivity contribution in [3.63, 3.8) is 0 Å². The Morgan fingerprint density at radius 3 is 2.43 bits per heavy atom. The minimum atomic E-state index is -0.322. The second-order valence-corrected chi connectivity index (χ2v) is 8.81. The number of ether oxygens (including phenoxy) is 2. The van der Waals surface area contributed by atoms with Crippen molar-refractivity contribution in [3.8, 4) is 17.6 Å². The van der Waals surface area contributed by atoms with Crippen LogP contribution in [0.4, 0.5) is 0 Å². The highest BCUT2D eigenvalue weighted by Crippen LogP contribution is 2.55. The van der Waals surface area contributed by atoms with Gasteiger partial charge >= 0.3 is 0 Å². The van der Waals surface area contributed by atoms with Crippen LogP contribution >= 0.6 is 0 Å². The van der Waals surface area contributed by atoms with Crippen LogP contribution in [0.3, 0.4) is 0 Å². The normalized spacial score (nSPS) is 21.1. The second kappa shape index (κ2) is 7.94. The van der Waals surface area contributed by atoms with Gasteiger partial charge in [-0.3, -0.25) is 4.79 Å². The number of benzene rings is 1. The molecule has 1 aliphatic carbocycles. The van der Waals surface area contributed by atoms with E-state index in [4.69, 9.17) is 9.47 Å². The van der Waals surface area contributed by atoms with Crippen molar-refractivity contribution in [2.75, 3.05) is 6.61 Å². The maximum atomic E-state index is 12.7. The lowest BCUT2D eigenvalue weighted by Gasteiger charge is -2.63. The van der Waals surface area contributed by atoms with E-state index in [1.54, 1.807) is 30.3 Å². The summed E-state index contributed by atoms with van der Waals surface area (Å²) in [5.74, 6) is 0.900. The Morgan fingerprint density at radius 2 is 1.87 bits per heavy atom. The minimum absolute atomic E-state index is 0.115. The predicted octanol–water partition coefficient (Wildman–Crippen LogP) is 3.67. The largest absolute Gasteiger partial charge is 0.492 e. The molecule has 0 spiro atoms. The number of amides is 1. The van der Waals surface area contributed by atoms with Crippen LogP contribution in [-0.4, -0.2) is 34.9 Å². The number of hydrogen-bond donors (Lipinski definition) is 1. The van der Waals surface area contributed by atoms with Gasteiger partial charge in [-0.1, -0.05) is 27.7 Å². The van der Waals surface area contributed by atoms with Crippen molar-refractivity contribution in [3.05, 3.63) is 47.3 Å². The molecule has 0 saturated heterocycles. The van der Waals surface area contributed by atoms with Crippen molar-refractivity contribution in [1.82, 2.24) is 15.5 Å². The van der Waals surface area contributed by atoms with Crippen molar-refractivity contribution in [2.24, 2.45) is 10.8 Å². The zero-order chi connectivity index (χ0) is 22.1. The van der Waals surface area contributed by atoms with E-state index in [9.17, 15) is 10.1 Å². The van der Waals surface area contributed by atoms with Crippen molar-refractivity contribution < 1.29 is 14.3 Å². The molecule has 30 heavy (non-hydrogen) atoms. The lowest BCUT2D eigenvalue weighted by molar-refractivity contribution is -0.164. The molecule has 0 unspecified atom stereocenters. The van der Waals surface area contributed by atoms with Crippen LogP contribution in [0.1, 0.15) is 56.4 Å². The molecule has 1 amide bonds. The van der Waals surface area contributed by atoms with E-state index in [0.717, 1.165) is 5.69 Å². The number of aromatic nitrogens is 2. The fourth-order valence-corrected chi connectivity index (χ4v) is 4.60. The molecule has 7 nitrogen and oxygen atoms in total. The maximum absolute atomic E-state index is 12.7. The van der Waals surface area contributed by atoms with Gasteiger partial charge in [0, 0.05) is 22.9 Å². The van der Waals surface area contributed by atoms with Gasteiger partial charge in [0.25, 0.3) is 5.91 Å². The molecule has 0 radical (unpaired) electrons. The Kier molecular flexibility index (Phi) is 5.71. The van der Waals surface area contributed by atoms with Crippen LogP contribution in [0.2, 0.25) is 0 Å². The van der Waals surface area contributed by atoms with Gasteiger partial charge in [0.05, 0.1) is 17.9 Å². The van der Waals surface area contributed by atoms with Crippen LogP contribution < -0.4 is 14.8 Å². The molecular weight excluding hydrogens is 380 g/mol. The number of rotatable bonds is 6. The lowest BCUT2D eigenvalue weighted by atomic mass is 9.49. The first kappa shape index (κ1) is 21.6. The maximum Gasteiger partial charge on any atom is 0.272 e. The summed E-state index contributed by atoms with van der Waals surface area (Å²) in [6.45, 7) is 12.5. The molecule has 1 heterocycles. The number of hydrogen-bond acceptors (Lipinski definition) is 6. The van der Waals surface area contributed by atoms with Crippen molar-refractivity contribution in [2.45, 2.75) is 53.7 Å². The van der Waals surface area contributed by atoms with Gasteiger partial charge < -0.3 is 14.8 Å². The molecule has 1 fully saturated rings. The fourth-order valence-electron chi connectivity index (χ4n) is 4.60. The molecular formula is C23H28N4O3. The van der Waals surface area contributed by atoms with Crippen LogP contribution in [0.5, 0.6) is 11.5 Å². The van der Waals surface area contributed by atoms with Gasteiger partial charge in [-0.15, -0.1) is 5.10 Å². The third-order valence-electron chi connectivity index (χ3n) is 5.77. The molecule has 2 aromatic rings. The quantitative estimate of drug-likeness (QED) is 0.783. The third kappa shape index (κ3) is 3.82. The third-order valence-corrected chi connectivity index (χ3v) is 5.77. The predicted molar refractivity (Wildman–Crippen MR) is 112 cm³/mol. The molecule has 0 aliphatic heterocycles. The lowest BCUT2D eigenvalue weighted by Crippen LogP contribution is -2.74. The Morgan fingerprint density at radius 1 is 1.17 bits per heavy atom. The SMILES string of the molecule is CCOc1cc(OC2C(C)(C)C(NC(=O)c3ccc(C)nn3)C2(C)C)ccc1C#N. The molecule has 1 aromatic heterocycles. The number of carbonyl (C=O) groups is 1. The van der Waals surface area contributed by atoms with Gasteiger partial charge in [-0.05, 0) is 38.1 Å². The van der Waals surface area contributed by atoms with E-state index in [1.165, 1.54) is 0 Å². The van der Waals surface area contributed by atoms with E-state index in [2.05, 4.69) is 49.3 Å². The summed E-state index contributed by atoms with van der Waals surface area (Å²) in [6.07, 6.45) is -0.151. The molecule has 1 saturated carbocycles. The first-order chi connectivity index (χ1) is 14.1. The van der Waals surface area contributed by atoms with Crippen LogP contribution in [-0.2, 0) is 0 Å². The Hall–Kier alpha value is -3.14. The summed E-state index contributed by atoms with van der Waals surface area (Å²) in [4.78, 5) is 12.7. The van der Waals surface area contributed by atoms with Crippen molar-refractivity contribution >= 4 is 5.91 Å². The van der Waals surface area contributed by atoms with Crippen LogP contribution in [0, 0.1) is 29.1 Å². The molecule has 1 aliphatic rings. The highest BCUT2D eigenvalue weighted by atomic mass is 16.5. The standard InChI is InChI=1S/C23H28N4O3/c1-7-29-18-12-16(10-9-15(18)13-24)30-21-22(3,4)20(23(21,5)6)25-19(28)17-11-8-14(2)26-27-17/h8-12,20-21H,7H2,1-6H3,(H,25,28). The second-order valence-electron chi connectivity index (χ2n) is 8.81. The number of carbonyl (C=O) groups excluding carboxylic acids is 1. The summed E-state index contributed by atoms with van der Waals surface area (Å²) in [5, 5.41) is 20.3. The van der Waals surface area contributed by atoms with Gasteiger partial charge in [0.1, 0.15) is 23.7 Å². The molecule has 1 aromatic carbocycles. The molecule has 7 heteroatoms. The van der Waals surface area contributed by atoms with E-state index < -0.39 is 0 Å². The van der Waals surface area contributed by atoms with Crippen LogP contribution in [0.25, 0.3) is 0 Å². The van der Waals surface area contributed by atoms with Gasteiger partial charge in [-0.2, -0.15) is 10.4 Å². The Labute approximate surface area is 177 Å². The fraction of sp³-hybridized carbons (Fsp3) is 0.478. The highest BCUT2D eigenvalue weighted by molar-refractivity contribution is 5.92. The summed E-state index contributed by atoms with van der Waals surface area (Å²) < 4.78 is 11.9. The zero-order valence-electron chi connectivity index (χ0n) is 18.3. The Balaban J connectivity index is 1.77. The molecule has 3 rings (SSSR count). The average molecular weight is 409 g/mol. The number of aryl methyl sites for hydroxylation is 1. The first-order valence-electron chi connectivity index (χ1n) is 10.1. The zero-order valence-corrected chi connectivity index (χ0v) is 18.3. The number of nitrogens with zero attached hydrogens (tertiary/aromatic N) is 3. The molecule has 158 valence electrons. The van der Waals surface area contributed by atoms with Crippen molar-refractivity contribution in [1.29, 1.82) is 5.26 Å². The molecule has 0 atom stereocenters. The number of nitrogens with one attached hydrogen (secondary N) is 1. The molecule has 1 N–H and O–H groups in total. The van der Waals surface area contributed by atoms with Gasteiger partial charge in [-0.25, -0.2) is 0 Å².